The van der Waals surface area contributed by atoms with E-state index in [4.69, 9.17) is 4.74 Å². The summed E-state index contributed by atoms with van der Waals surface area (Å²) in [5.41, 5.74) is 1.95. The number of nitrogens with zero attached hydrogens (tertiary/aromatic N) is 5. The Morgan fingerprint density at radius 2 is 1.80 bits per heavy atom. The summed E-state index contributed by atoms with van der Waals surface area (Å²) in [6, 6.07) is 12.2. The Morgan fingerprint density at radius 1 is 1.03 bits per heavy atom. The van der Waals surface area contributed by atoms with Crippen LogP contribution in [0.4, 0.5) is 13.2 Å². The van der Waals surface area contributed by atoms with Crippen LogP contribution in [0.25, 0.3) is 38.8 Å². The SMILES string of the molecule is CCOc1ncc2cc(-c3ccc4nn(C)cc4c3)c(=O)n(-c3ccc(OC(F)(F)F)cc3)c2n1. The fourth-order valence-corrected chi connectivity index (χ4v) is 3.84. The Balaban J connectivity index is 1.72. The highest BCUT2D eigenvalue weighted by molar-refractivity contribution is 5.87. The summed E-state index contributed by atoms with van der Waals surface area (Å²) >= 11 is 0. The molecule has 0 atom stereocenters. The van der Waals surface area contributed by atoms with E-state index in [2.05, 4.69) is 19.8 Å². The Bertz CT molecular complexity index is 1610. The maximum atomic E-state index is 13.7. The number of alkyl halides is 3. The van der Waals surface area contributed by atoms with E-state index < -0.39 is 17.7 Å². The molecule has 2 aromatic carbocycles. The van der Waals surface area contributed by atoms with Crippen LogP contribution < -0.4 is 15.0 Å². The van der Waals surface area contributed by atoms with Gasteiger partial charge in [0.25, 0.3) is 5.56 Å². The highest BCUT2D eigenvalue weighted by Crippen LogP contribution is 2.28. The second kappa shape index (κ2) is 8.42. The molecule has 3 aromatic heterocycles. The Kier molecular flexibility index (Phi) is 5.39. The number of aromatic nitrogens is 5. The number of benzene rings is 2. The summed E-state index contributed by atoms with van der Waals surface area (Å²) in [6.45, 7) is 2.10. The largest absolute Gasteiger partial charge is 0.573 e. The van der Waals surface area contributed by atoms with Crippen LogP contribution in [0, 0.1) is 0 Å². The zero-order chi connectivity index (χ0) is 24.7. The molecular formula is C24H18F3N5O3. The fraction of sp³-hybridized carbons (Fsp3) is 0.167. The van der Waals surface area contributed by atoms with E-state index >= 15 is 0 Å². The van der Waals surface area contributed by atoms with Gasteiger partial charge < -0.3 is 9.47 Å². The van der Waals surface area contributed by atoms with Crippen LogP contribution in [0.5, 0.6) is 11.8 Å². The zero-order valence-electron chi connectivity index (χ0n) is 18.6. The molecule has 178 valence electrons. The third kappa shape index (κ3) is 4.39. The predicted octanol–water partition coefficient (Wildman–Crippen LogP) is 4.63. The molecule has 5 rings (SSSR count). The molecule has 3 heterocycles. The van der Waals surface area contributed by atoms with Crippen molar-refractivity contribution >= 4 is 21.9 Å². The van der Waals surface area contributed by atoms with Crippen molar-refractivity contribution in [2.45, 2.75) is 13.3 Å². The first kappa shape index (κ1) is 22.4. The van der Waals surface area contributed by atoms with Crippen molar-refractivity contribution in [2.75, 3.05) is 6.61 Å². The molecule has 0 aliphatic heterocycles. The summed E-state index contributed by atoms with van der Waals surface area (Å²) < 4.78 is 50.1. The van der Waals surface area contributed by atoms with Crippen molar-refractivity contribution in [1.29, 1.82) is 0 Å². The second-order valence-corrected chi connectivity index (χ2v) is 7.68. The normalized spacial score (nSPS) is 11.8. The number of ether oxygens (including phenoxy) is 2. The van der Waals surface area contributed by atoms with Crippen LogP contribution in [-0.4, -0.2) is 37.3 Å². The van der Waals surface area contributed by atoms with Crippen LogP contribution in [-0.2, 0) is 7.05 Å². The quantitative estimate of drug-likeness (QED) is 0.364. The van der Waals surface area contributed by atoms with Crippen molar-refractivity contribution in [3.63, 3.8) is 0 Å². The summed E-state index contributed by atoms with van der Waals surface area (Å²) in [5.74, 6) is -0.401. The molecular weight excluding hydrogens is 463 g/mol. The third-order valence-corrected chi connectivity index (χ3v) is 5.25. The van der Waals surface area contributed by atoms with E-state index in [-0.39, 0.29) is 11.7 Å². The van der Waals surface area contributed by atoms with E-state index in [1.807, 2.05) is 25.4 Å². The lowest BCUT2D eigenvalue weighted by Crippen LogP contribution is -2.22. The average Bonchev–Trinajstić information content (AvgIpc) is 3.18. The summed E-state index contributed by atoms with van der Waals surface area (Å²) in [7, 11) is 1.81. The smallest absolute Gasteiger partial charge is 0.464 e. The van der Waals surface area contributed by atoms with E-state index in [9.17, 15) is 18.0 Å². The Labute approximate surface area is 196 Å². The highest BCUT2D eigenvalue weighted by Gasteiger charge is 2.31. The van der Waals surface area contributed by atoms with Gasteiger partial charge in [-0.2, -0.15) is 10.1 Å². The lowest BCUT2D eigenvalue weighted by atomic mass is 10.0. The van der Waals surface area contributed by atoms with Gasteiger partial charge in [0.15, 0.2) is 5.65 Å². The second-order valence-electron chi connectivity index (χ2n) is 7.68. The van der Waals surface area contributed by atoms with Gasteiger partial charge >= 0.3 is 12.4 Å². The van der Waals surface area contributed by atoms with E-state index in [0.717, 1.165) is 23.0 Å². The van der Waals surface area contributed by atoms with Crippen LogP contribution in [0.3, 0.4) is 0 Å². The number of fused-ring (bicyclic) bond motifs is 2. The van der Waals surface area contributed by atoms with E-state index in [1.165, 1.54) is 22.9 Å². The molecule has 0 saturated carbocycles. The maximum Gasteiger partial charge on any atom is 0.573 e. The Morgan fingerprint density at radius 3 is 2.51 bits per heavy atom. The zero-order valence-corrected chi connectivity index (χ0v) is 18.6. The van der Waals surface area contributed by atoms with Gasteiger partial charge in [-0.15, -0.1) is 13.2 Å². The summed E-state index contributed by atoms with van der Waals surface area (Å²) in [4.78, 5) is 22.3. The molecule has 0 bridgehead atoms. The molecule has 0 saturated heterocycles. The molecule has 8 nitrogen and oxygen atoms in total. The van der Waals surface area contributed by atoms with Crippen LogP contribution in [0.15, 0.2) is 65.7 Å². The molecule has 0 amide bonds. The van der Waals surface area contributed by atoms with Gasteiger partial charge in [-0.05, 0) is 55.0 Å². The first-order valence-corrected chi connectivity index (χ1v) is 10.6. The molecule has 0 radical (unpaired) electrons. The maximum absolute atomic E-state index is 13.7. The van der Waals surface area contributed by atoms with E-state index in [0.29, 0.717) is 28.8 Å². The molecule has 0 spiro atoms. The molecule has 35 heavy (non-hydrogen) atoms. The number of aryl methyl sites for hydroxylation is 1. The van der Waals surface area contributed by atoms with Crippen molar-refractivity contribution in [2.24, 2.45) is 7.05 Å². The van der Waals surface area contributed by atoms with Gasteiger partial charge in [-0.1, -0.05) is 6.07 Å². The lowest BCUT2D eigenvalue weighted by molar-refractivity contribution is -0.274. The van der Waals surface area contributed by atoms with Gasteiger partial charge in [0.2, 0.25) is 0 Å². The minimum Gasteiger partial charge on any atom is -0.464 e. The van der Waals surface area contributed by atoms with Gasteiger partial charge in [0, 0.05) is 35.8 Å². The highest BCUT2D eigenvalue weighted by atomic mass is 19.4. The minimum absolute atomic E-state index is 0.0784. The van der Waals surface area contributed by atoms with Gasteiger partial charge in [-0.3, -0.25) is 14.0 Å². The molecule has 0 aliphatic carbocycles. The number of rotatable bonds is 5. The van der Waals surface area contributed by atoms with Crippen LogP contribution in [0.1, 0.15) is 6.92 Å². The van der Waals surface area contributed by atoms with Crippen molar-refractivity contribution in [1.82, 2.24) is 24.3 Å². The van der Waals surface area contributed by atoms with Crippen molar-refractivity contribution in [3.05, 3.63) is 71.3 Å². The molecule has 0 unspecified atom stereocenters. The summed E-state index contributed by atoms with van der Waals surface area (Å²) in [5, 5.41) is 5.75. The minimum atomic E-state index is -4.82. The predicted molar refractivity (Wildman–Crippen MR) is 123 cm³/mol. The monoisotopic (exact) mass is 481 g/mol. The van der Waals surface area contributed by atoms with Gasteiger partial charge in [-0.25, -0.2) is 4.98 Å². The first-order chi connectivity index (χ1) is 16.7. The number of hydrogen-bond acceptors (Lipinski definition) is 6. The van der Waals surface area contributed by atoms with E-state index in [1.54, 1.807) is 23.7 Å². The Hall–Kier alpha value is -4.41. The number of pyridine rings is 1. The van der Waals surface area contributed by atoms with Crippen LogP contribution >= 0.6 is 0 Å². The van der Waals surface area contributed by atoms with Gasteiger partial charge in [0.1, 0.15) is 5.75 Å². The number of hydrogen-bond donors (Lipinski definition) is 0. The summed E-state index contributed by atoms with van der Waals surface area (Å²) in [6.07, 6.45) is -1.44. The first-order valence-electron chi connectivity index (χ1n) is 10.6. The topological polar surface area (TPSA) is 84.1 Å². The molecule has 11 heteroatoms. The van der Waals surface area contributed by atoms with Gasteiger partial charge in [0.05, 0.1) is 17.8 Å². The molecule has 0 fully saturated rings. The third-order valence-electron chi connectivity index (χ3n) is 5.25. The lowest BCUT2D eigenvalue weighted by Gasteiger charge is -2.14. The molecule has 0 N–H and O–H groups in total. The average molecular weight is 481 g/mol. The standard InChI is InChI=1S/C24H18F3N5O3/c1-3-34-23-28-12-15-11-19(14-4-9-20-16(10-14)13-31(2)30-20)22(33)32(21(15)29-23)17-5-7-18(8-6-17)35-24(25,26)27/h4-13H,3H2,1-2H3. The van der Waals surface area contributed by atoms with Crippen molar-refractivity contribution in [3.8, 4) is 28.6 Å². The fourth-order valence-electron chi connectivity index (χ4n) is 3.84. The molecule has 0 aliphatic rings. The number of halogens is 3. The molecule has 5 aromatic rings. The van der Waals surface area contributed by atoms with Crippen LogP contribution in [0.2, 0.25) is 0 Å². The van der Waals surface area contributed by atoms with Crippen molar-refractivity contribution < 1.29 is 22.6 Å².